The Labute approximate surface area is 133 Å². The summed E-state index contributed by atoms with van der Waals surface area (Å²) in [6.45, 7) is 4.40. The average Bonchev–Trinajstić information content (AvgIpc) is 2.82. The van der Waals surface area contributed by atoms with Crippen LogP contribution in [0.2, 0.25) is 0 Å². The molecule has 2 atom stereocenters. The third-order valence-corrected chi connectivity index (χ3v) is 4.51. The number of anilines is 1. The van der Waals surface area contributed by atoms with Gasteiger partial charge in [-0.2, -0.15) is 0 Å². The molecular formula is C16H19BrN4. The van der Waals surface area contributed by atoms with Gasteiger partial charge in [-0.3, -0.25) is 4.90 Å². The molecule has 2 heterocycles. The largest absolute Gasteiger partial charge is 0.366 e. The normalized spacial score (nSPS) is 22.4. The van der Waals surface area contributed by atoms with Crippen molar-refractivity contribution in [2.45, 2.75) is 32.0 Å². The molecule has 0 spiro atoms. The Morgan fingerprint density at radius 2 is 2.10 bits per heavy atom. The summed E-state index contributed by atoms with van der Waals surface area (Å²) in [4.78, 5) is 10.9. The Bertz CT molecular complexity index is 590. The zero-order valence-electron chi connectivity index (χ0n) is 12.0. The molecule has 2 aromatic rings. The van der Waals surface area contributed by atoms with E-state index in [1.54, 1.807) is 6.33 Å². The van der Waals surface area contributed by atoms with Crippen LogP contribution in [0.5, 0.6) is 0 Å². The van der Waals surface area contributed by atoms with Crippen LogP contribution in [-0.4, -0.2) is 33.5 Å². The summed E-state index contributed by atoms with van der Waals surface area (Å²) in [6, 6.07) is 13.5. The molecule has 0 bridgehead atoms. The lowest BCUT2D eigenvalue weighted by Crippen LogP contribution is -2.35. The fraction of sp³-hybridized carbons (Fsp3) is 0.375. The molecule has 2 unspecified atom stereocenters. The molecule has 1 N–H and O–H groups in total. The third-order valence-electron chi connectivity index (χ3n) is 4.08. The van der Waals surface area contributed by atoms with Gasteiger partial charge >= 0.3 is 0 Å². The molecule has 0 saturated carbocycles. The monoisotopic (exact) mass is 346 g/mol. The van der Waals surface area contributed by atoms with Crippen molar-refractivity contribution in [2.24, 2.45) is 0 Å². The standard InChI is InChI=1S/C16H19BrN4/c1-12-14(20-16-9-15(17)18-11-19-16)7-8-21(12)10-13-5-3-2-4-6-13/h2-6,9,11-12,14H,7-8,10H2,1H3,(H,18,19,20). The molecule has 1 aromatic heterocycles. The van der Waals surface area contributed by atoms with Crippen LogP contribution in [0, 0.1) is 0 Å². The minimum absolute atomic E-state index is 0.426. The van der Waals surface area contributed by atoms with E-state index in [1.165, 1.54) is 5.56 Å². The van der Waals surface area contributed by atoms with Gasteiger partial charge in [-0.05, 0) is 34.8 Å². The number of hydrogen-bond donors (Lipinski definition) is 1. The maximum atomic E-state index is 4.28. The van der Waals surface area contributed by atoms with Crippen LogP contribution in [0.25, 0.3) is 0 Å². The van der Waals surface area contributed by atoms with Crippen molar-refractivity contribution in [1.82, 2.24) is 14.9 Å². The van der Waals surface area contributed by atoms with Crippen molar-refractivity contribution < 1.29 is 0 Å². The second kappa shape index (κ2) is 6.54. The Hall–Kier alpha value is -1.46. The summed E-state index contributed by atoms with van der Waals surface area (Å²) in [5.74, 6) is 0.885. The first-order valence-corrected chi connectivity index (χ1v) is 8.04. The number of aromatic nitrogens is 2. The van der Waals surface area contributed by atoms with E-state index in [9.17, 15) is 0 Å². The van der Waals surface area contributed by atoms with E-state index in [2.05, 4.69) is 73.4 Å². The molecule has 0 amide bonds. The number of likely N-dealkylation sites (tertiary alicyclic amines) is 1. The van der Waals surface area contributed by atoms with E-state index in [0.29, 0.717) is 12.1 Å². The average molecular weight is 347 g/mol. The second-order valence-electron chi connectivity index (χ2n) is 5.46. The van der Waals surface area contributed by atoms with Crippen LogP contribution in [0.4, 0.5) is 5.82 Å². The lowest BCUT2D eigenvalue weighted by molar-refractivity contribution is 0.255. The number of rotatable bonds is 4. The first-order valence-electron chi connectivity index (χ1n) is 7.24. The number of halogens is 1. The minimum Gasteiger partial charge on any atom is -0.366 e. The summed E-state index contributed by atoms with van der Waals surface area (Å²) in [5, 5.41) is 3.52. The van der Waals surface area contributed by atoms with E-state index in [1.807, 2.05) is 6.07 Å². The van der Waals surface area contributed by atoms with Gasteiger partial charge in [-0.15, -0.1) is 0 Å². The van der Waals surface area contributed by atoms with Gasteiger partial charge in [0, 0.05) is 31.2 Å². The highest BCUT2D eigenvalue weighted by Crippen LogP contribution is 2.23. The van der Waals surface area contributed by atoms with Gasteiger partial charge in [0.05, 0.1) is 0 Å². The van der Waals surface area contributed by atoms with Crippen molar-refractivity contribution in [1.29, 1.82) is 0 Å². The fourth-order valence-corrected chi connectivity index (χ4v) is 3.15. The Morgan fingerprint density at radius 1 is 1.29 bits per heavy atom. The number of benzene rings is 1. The zero-order chi connectivity index (χ0) is 14.7. The summed E-state index contributed by atoms with van der Waals surface area (Å²) in [7, 11) is 0. The molecule has 1 aliphatic rings. The van der Waals surface area contributed by atoms with Gasteiger partial charge in [0.1, 0.15) is 16.7 Å². The molecule has 21 heavy (non-hydrogen) atoms. The topological polar surface area (TPSA) is 41.1 Å². The molecule has 0 radical (unpaired) electrons. The fourth-order valence-electron chi connectivity index (χ4n) is 2.84. The summed E-state index contributed by atoms with van der Waals surface area (Å²) in [5.41, 5.74) is 1.37. The van der Waals surface area contributed by atoms with Crippen molar-refractivity contribution in [3.63, 3.8) is 0 Å². The third kappa shape index (κ3) is 3.60. The predicted molar refractivity (Wildman–Crippen MR) is 88.1 cm³/mol. The zero-order valence-corrected chi connectivity index (χ0v) is 13.6. The van der Waals surface area contributed by atoms with Gasteiger partial charge in [0.2, 0.25) is 0 Å². The van der Waals surface area contributed by atoms with Crippen LogP contribution in [0.3, 0.4) is 0 Å². The quantitative estimate of drug-likeness (QED) is 0.862. The predicted octanol–water partition coefficient (Wildman–Crippen LogP) is 3.31. The van der Waals surface area contributed by atoms with Crippen molar-refractivity contribution in [3.8, 4) is 0 Å². The molecule has 5 heteroatoms. The molecule has 110 valence electrons. The molecule has 0 aliphatic carbocycles. The van der Waals surface area contributed by atoms with Gasteiger partial charge in [-0.1, -0.05) is 30.3 Å². The van der Waals surface area contributed by atoms with Crippen LogP contribution >= 0.6 is 15.9 Å². The first-order chi connectivity index (χ1) is 10.2. The Balaban J connectivity index is 1.62. The van der Waals surface area contributed by atoms with Gasteiger partial charge < -0.3 is 5.32 Å². The van der Waals surface area contributed by atoms with E-state index in [4.69, 9.17) is 0 Å². The Kier molecular flexibility index (Phi) is 4.51. The van der Waals surface area contributed by atoms with Gasteiger partial charge in [0.15, 0.2) is 0 Å². The molecule has 1 aromatic carbocycles. The van der Waals surface area contributed by atoms with E-state index >= 15 is 0 Å². The highest BCUT2D eigenvalue weighted by atomic mass is 79.9. The number of nitrogens with one attached hydrogen (secondary N) is 1. The Morgan fingerprint density at radius 3 is 2.86 bits per heavy atom. The smallest absolute Gasteiger partial charge is 0.130 e. The van der Waals surface area contributed by atoms with E-state index < -0.39 is 0 Å². The van der Waals surface area contributed by atoms with E-state index in [-0.39, 0.29) is 0 Å². The van der Waals surface area contributed by atoms with Gasteiger partial charge in [-0.25, -0.2) is 9.97 Å². The van der Waals surface area contributed by atoms with Crippen LogP contribution in [0.15, 0.2) is 47.3 Å². The van der Waals surface area contributed by atoms with E-state index in [0.717, 1.165) is 29.9 Å². The summed E-state index contributed by atoms with van der Waals surface area (Å²) in [6.07, 6.45) is 2.71. The maximum Gasteiger partial charge on any atom is 0.130 e. The molecule has 4 nitrogen and oxygen atoms in total. The van der Waals surface area contributed by atoms with Crippen LogP contribution in [0.1, 0.15) is 18.9 Å². The van der Waals surface area contributed by atoms with Gasteiger partial charge in [0.25, 0.3) is 0 Å². The highest BCUT2D eigenvalue weighted by Gasteiger charge is 2.30. The molecule has 1 saturated heterocycles. The number of hydrogen-bond acceptors (Lipinski definition) is 4. The van der Waals surface area contributed by atoms with Crippen LogP contribution < -0.4 is 5.32 Å². The maximum absolute atomic E-state index is 4.28. The van der Waals surface area contributed by atoms with Crippen molar-refractivity contribution in [3.05, 3.63) is 52.9 Å². The molecular weight excluding hydrogens is 328 g/mol. The SMILES string of the molecule is CC1C(Nc2cc(Br)ncn2)CCN1Cc1ccccc1. The second-order valence-corrected chi connectivity index (χ2v) is 6.27. The first kappa shape index (κ1) is 14.5. The highest BCUT2D eigenvalue weighted by molar-refractivity contribution is 9.10. The summed E-state index contributed by atoms with van der Waals surface area (Å²) >= 11 is 3.38. The molecule has 1 fully saturated rings. The number of nitrogens with zero attached hydrogens (tertiary/aromatic N) is 3. The molecule has 1 aliphatic heterocycles. The lowest BCUT2D eigenvalue weighted by Gasteiger charge is -2.25. The van der Waals surface area contributed by atoms with Crippen molar-refractivity contribution >= 4 is 21.7 Å². The van der Waals surface area contributed by atoms with Crippen molar-refractivity contribution in [2.75, 3.05) is 11.9 Å². The lowest BCUT2D eigenvalue weighted by atomic mass is 10.1. The molecule has 3 rings (SSSR count). The summed E-state index contributed by atoms with van der Waals surface area (Å²) < 4.78 is 0.812. The van der Waals surface area contributed by atoms with Crippen LogP contribution in [-0.2, 0) is 6.54 Å². The minimum atomic E-state index is 0.426.